The first-order valence-corrected chi connectivity index (χ1v) is 8.49. The molecule has 0 amide bonds. The van der Waals surface area contributed by atoms with Gasteiger partial charge in [-0.1, -0.05) is 12.1 Å². The molecule has 0 aliphatic rings. The van der Waals surface area contributed by atoms with Crippen molar-refractivity contribution in [2.45, 2.75) is 11.8 Å². The van der Waals surface area contributed by atoms with Gasteiger partial charge in [0.15, 0.2) is 0 Å². The lowest BCUT2D eigenvalue weighted by molar-refractivity contribution is 0.217. The maximum absolute atomic E-state index is 12.8. The summed E-state index contributed by atoms with van der Waals surface area (Å²) in [5, 5.41) is 22.4. The van der Waals surface area contributed by atoms with Gasteiger partial charge in [-0.25, -0.2) is 13.1 Å². The van der Waals surface area contributed by atoms with Crippen LogP contribution < -0.4 is 5.73 Å². The van der Waals surface area contributed by atoms with Crippen molar-refractivity contribution in [1.29, 1.82) is 0 Å². The Balaban J connectivity index is 2.57. The Morgan fingerprint density at radius 1 is 1.22 bits per heavy atom. The van der Waals surface area contributed by atoms with Crippen LogP contribution in [0.4, 0.5) is 5.82 Å². The van der Waals surface area contributed by atoms with E-state index in [1.807, 2.05) is 0 Å². The largest absolute Gasteiger partial charge is 0.395 e. The topological polar surface area (TPSA) is 122 Å². The molecule has 2 rings (SSSR count). The molecule has 0 aliphatic heterocycles. The predicted molar refractivity (Wildman–Crippen MR) is 85.6 cm³/mol. The van der Waals surface area contributed by atoms with Gasteiger partial charge >= 0.3 is 0 Å². The monoisotopic (exact) mass is 340 g/mol. The summed E-state index contributed by atoms with van der Waals surface area (Å²) in [5.41, 5.74) is 6.87. The van der Waals surface area contributed by atoms with E-state index in [0.29, 0.717) is 17.2 Å². The fourth-order valence-electron chi connectivity index (χ4n) is 2.28. The summed E-state index contributed by atoms with van der Waals surface area (Å²) in [7, 11) is -3.91. The van der Waals surface area contributed by atoms with Crippen molar-refractivity contribution in [2.75, 3.05) is 32.0 Å². The molecule has 1 aromatic carbocycles. The average Bonchev–Trinajstić information content (AvgIpc) is 2.85. The van der Waals surface area contributed by atoms with Gasteiger partial charge in [0.25, 0.3) is 0 Å². The van der Waals surface area contributed by atoms with Gasteiger partial charge in [0.05, 0.1) is 24.6 Å². The summed E-state index contributed by atoms with van der Waals surface area (Å²) in [4.78, 5) is 0.0108. The number of rotatable bonds is 7. The number of hydrogen-bond acceptors (Lipinski definition) is 6. The molecule has 9 heteroatoms. The highest BCUT2D eigenvalue weighted by atomic mass is 32.2. The third-order valence-electron chi connectivity index (χ3n) is 3.27. The molecule has 0 bridgehead atoms. The first-order chi connectivity index (χ1) is 10.9. The molecule has 0 aliphatic carbocycles. The second-order valence-electron chi connectivity index (χ2n) is 4.94. The average molecular weight is 340 g/mol. The van der Waals surface area contributed by atoms with Crippen LogP contribution in [0.3, 0.4) is 0 Å². The maximum Gasteiger partial charge on any atom is 0.245 e. The number of benzene rings is 1. The third-order valence-corrected chi connectivity index (χ3v) is 5.22. The van der Waals surface area contributed by atoms with Gasteiger partial charge < -0.3 is 15.9 Å². The fraction of sp³-hybridized carbons (Fsp3) is 0.357. The number of sulfonamides is 1. The number of nitrogens with two attached hydrogens (primary N) is 1. The number of aromatic nitrogens is 2. The molecule has 0 spiro atoms. The van der Waals surface area contributed by atoms with Gasteiger partial charge in [-0.2, -0.15) is 9.40 Å². The van der Waals surface area contributed by atoms with Gasteiger partial charge in [0, 0.05) is 19.2 Å². The normalized spacial score (nSPS) is 12.0. The van der Waals surface area contributed by atoms with E-state index in [9.17, 15) is 8.42 Å². The SMILES string of the molecule is Cc1cc(N)n(-c2ccccc2S(=O)(=O)N(CCO)CCO)n1. The highest BCUT2D eigenvalue weighted by molar-refractivity contribution is 7.89. The fourth-order valence-corrected chi connectivity index (χ4v) is 3.87. The van der Waals surface area contributed by atoms with Crippen LogP contribution in [0, 0.1) is 6.92 Å². The van der Waals surface area contributed by atoms with E-state index in [-0.39, 0.29) is 31.2 Å². The molecule has 4 N–H and O–H groups in total. The molecule has 126 valence electrons. The summed E-state index contributed by atoms with van der Waals surface area (Å²) >= 11 is 0. The van der Waals surface area contributed by atoms with Gasteiger partial charge in [0.1, 0.15) is 10.7 Å². The summed E-state index contributed by atoms with van der Waals surface area (Å²) in [6.07, 6.45) is 0. The molecule has 0 atom stereocenters. The second kappa shape index (κ2) is 7.09. The molecule has 0 unspecified atom stereocenters. The third kappa shape index (κ3) is 3.53. The molecule has 23 heavy (non-hydrogen) atoms. The minimum atomic E-state index is -3.91. The van der Waals surface area contributed by atoms with Crippen molar-refractivity contribution >= 4 is 15.8 Å². The minimum Gasteiger partial charge on any atom is -0.395 e. The van der Waals surface area contributed by atoms with Gasteiger partial charge in [-0.3, -0.25) is 0 Å². The molecule has 0 saturated carbocycles. The Kier molecular flexibility index (Phi) is 5.37. The Hall–Kier alpha value is -1.94. The molecule has 0 saturated heterocycles. The van der Waals surface area contributed by atoms with Crippen molar-refractivity contribution in [2.24, 2.45) is 0 Å². The molecule has 1 heterocycles. The molecular weight excluding hydrogens is 320 g/mol. The smallest absolute Gasteiger partial charge is 0.245 e. The van der Waals surface area contributed by atoms with Crippen LogP contribution >= 0.6 is 0 Å². The lowest BCUT2D eigenvalue weighted by Crippen LogP contribution is -2.36. The molecular formula is C14H20N4O4S. The summed E-state index contributed by atoms with van der Waals surface area (Å²) in [6.45, 7) is 0.859. The number of hydrogen-bond donors (Lipinski definition) is 3. The van der Waals surface area contributed by atoms with Crippen LogP contribution in [0.15, 0.2) is 35.2 Å². The summed E-state index contributed by atoms with van der Waals surface area (Å²) in [5.74, 6) is 0.320. The first-order valence-electron chi connectivity index (χ1n) is 7.05. The Morgan fingerprint density at radius 2 is 1.83 bits per heavy atom. The Morgan fingerprint density at radius 3 is 2.35 bits per heavy atom. The van der Waals surface area contributed by atoms with Crippen molar-refractivity contribution in [3.05, 3.63) is 36.0 Å². The zero-order chi connectivity index (χ0) is 17.0. The lowest BCUT2D eigenvalue weighted by atomic mass is 10.3. The summed E-state index contributed by atoms with van der Waals surface area (Å²) < 4.78 is 28.1. The zero-order valence-electron chi connectivity index (χ0n) is 12.8. The number of aliphatic hydroxyl groups excluding tert-OH is 2. The molecule has 8 nitrogen and oxygen atoms in total. The van der Waals surface area contributed by atoms with Crippen LogP contribution in [0.5, 0.6) is 0 Å². The molecule has 0 fully saturated rings. The lowest BCUT2D eigenvalue weighted by Gasteiger charge is -2.22. The van der Waals surface area contributed by atoms with E-state index in [1.54, 1.807) is 31.2 Å². The zero-order valence-corrected chi connectivity index (χ0v) is 13.6. The molecule has 1 aromatic heterocycles. The number of nitrogens with zero attached hydrogens (tertiary/aromatic N) is 3. The van der Waals surface area contributed by atoms with Crippen LogP contribution in [-0.2, 0) is 10.0 Å². The second-order valence-corrected chi connectivity index (χ2v) is 6.85. The van der Waals surface area contributed by atoms with Gasteiger partial charge in [-0.15, -0.1) is 0 Å². The highest BCUT2D eigenvalue weighted by Gasteiger charge is 2.27. The highest BCUT2D eigenvalue weighted by Crippen LogP contribution is 2.25. The summed E-state index contributed by atoms with van der Waals surface area (Å²) in [6, 6.07) is 7.98. The number of aryl methyl sites for hydroxylation is 1. The van der Waals surface area contributed by atoms with E-state index in [4.69, 9.17) is 15.9 Å². The number of aliphatic hydroxyl groups is 2. The maximum atomic E-state index is 12.8. The van der Waals surface area contributed by atoms with Gasteiger partial charge in [-0.05, 0) is 19.1 Å². The van der Waals surface area contributed by atoms with E-state index < -0.39 is 10.0 Å². The molecule has 0 radical (unpaired) electrons. The van der Waals surface area contributed by atoms with Crippen LogP contribution in [0.2, 0.25) is 0 Å². The Labute approximate surface area is 134 Å². The van der Waals surface area contributed by atoms with Crippen LogP contribution in [0.25, 0.3) is 5.69 Å². The van der Waals surface area contributed by atoms with E-state index in [1.165, 1.54) is 10.7 Å². The minimum absolute atomic E-state index is 0.0108. The quantitative estimate of drug-likeness (QED) is 0.638. The predicted octanol–water partition coefficient (Wildman–Crippen LogP) is -0.262. The van der Waals surface area contributed by atoms with Crippen molar-refractivity contribution in [3.8, 4) is 5.69 Å². The van der Waals surface area contributed by atoms with Crippen molar-refractivity contribution < 1.29 is 18.6 Å². The van der Waals surface area contributed by atoms with E-state index in [0.717, 1.165) is 4.31 Å². The van der Waals surface area contributed by atoms with E-state index in [2.05, 4.69) is 5.10 Å². The Bertz CT molecular complexity index is 767. The van der Waals surface area contributed by atoms with Crippen LogP contribution in [0.1, 0.15) is 5.69 Å². The number of nitrogen functional groups attached to an aromatic ring is 1. The van der Waals surface area contributed by atoms with E-state index >= 15 is 0 Å². The molecule has 2 aromatic rings. The number of anilines is 1. The number of para-hydroxylation sites is 1. The van der Waals surface area contributed by atoms with Gasteiger partial charge in [0.2, 0.25) is 10.0 Å². The first kappa shape index (κ1) is 17.4. The standard InChI is InChI=1S/C14H20N4O4S/c1-11-10-14(15)18(16-11)12-4-2-3-5-13(12)23(21,22)17(6-8-19)7-9-20/h2-5,10,19-20H,6-9,15H2,1H3. The van der Waals surface area contributed by atoms with Crippen LogP contribution in [-0.4, -0.2) is 59.0 Å². The van der Waals surface area contributed by atoms with Crippen molar-refractivity contribution in [3.63, 3.8) is 0 Å². The van der Waals surface area contributed by atoms with Crippen molar-refractivity contribution in [1.82, 2.24) is 14.1 Å².